The Morgan fingerprint density at radius 1 is 1.35 bits per heavy atom. The molecule has 0 saturated carbocycles. The highest BCUT2D eigenvalue weighted by atomic mass is 32.1. The van der Waals surface area contributed by atoms with Gasteiger partial charge in [0.1, 0.15) is 10.9 Å². The van der Waals surface area contributed by atoms with Gasteiger partial charge in [0, 0.05) is 6.54 Å². The summed E-state index contributed by atoms with van der Waals surface area (Å²) >= 11 is 1.44. The minimum atomic E-state index is -0.106. The van der Waals surface area contributed by atoms with Crippen molar-refractivity contribution in [3.05, 3.63) is 27.3 Å². The maximum absolute atomic E-state index is 12.7. The Morgan fingerprint density at radius 3 is 2.75 bits per heavy atom. The van der Waals surface area contributed by atoms with Crippen molar-refractivity contribution in [2.24, 2.45) is 0 Å². The third-order valence-corrected chi connectivity index (χ3v) is 4.50. The van der Waals surface area contributed by atoms with Gasteiger partial charge in [-0.05, 0) is 33.6 Å². The zero-order valence-electron chi connectivity index (χ0n) is 11.7. The van der Waals surface area contributed by atoms with Crippen molar-refractivity contribution in [1.82, 2.24) is 20.0 Å². The number of hydrogen-bond donors (Lipinski definition) is 0. The van der Waals surface area contributed by atoms with Crippen molar-refractivity contribution < 1.29 is 9.32 Å². The fourth-order valence-electron chi connectivity index (χ4n) is 2.58. The fraction of sp³-hybridized carbons (Fsp3) is 0.538. The van der Waals surface area contributed by atoms with E-state index in [1.807, 2.05) is 18.7 Å². The van der Waals surface area contributed by atoms with Crippen molar-refractivity contribution in [3.63, 3.8) is 0 Å². The van der Waals surface area contributed by atoms with Crippen molar-refractivity contribution >= 4 is 17.2 Å². The average molecular weight is 292 g/mol. The van der Waals surface area contributed by atoms with Crippen molar-refractivity contribution in [3.8, 4) is 0 Å². The lowest BCUT2D eigenvalue weighted by Crippen LogP contribution is -2.30. The fourth-order valence-corrected chi connectivity index (χ4v) is 3.45. The van der Waals surface area contributed by atoms with Gasteiger partial charge in [-0.2, -0.15) is 4.98 Å². The molecule has 1 saturated heterocycles. The molecule has 6 nitrogen and oxygen atoms in total. The maximum atomic E-state index is 12.7. The molecule has 3 rings (SSSR count). The molecule has 106 valence electrons. The second-order valence-corrected chi connectivity index (χ2v) is 6.19. The number of rotatable bonds is 2. The number of nitrogens with zero attached hydrogens (tertiary/aromatic N) is 4. The van der Waals surface area contributed by atoms with E-state index in [0.717, 1.165) is 30.1 Å². The van der Waals surface area contributed by atoms with E-state index in [2.05, 4.69) is 15.1 Å². The summed E-state index contributed by atoms with van der Waals surface area (Å²) < 4.78 is 5.23. The molecule has 0 spiro atoms. The first kappa shape index (κ1) is 13.2. The van der Waals surface area contributed by atoms with E-state index < -0.39 is 0 Å². The van der Waals surface area contributed by atoms with Gasteiger partial charge in [-0.15, -0.1) is 11.3 Å². The van der Waals surface area contributed by atoms with Crippen LogP contribution in [0.5, 0.6) is 0 Å². The quantitative estimate of drug-likeness (QED) is 0.850. The van der Waals surface area contributed by atoms with E-state index in [0.29, 0.717) is 16.6 Å². The topological polar surface area (TPSA) is 72.1 Å². The van der Waals surface area contributed by atoms with Gasteiger partial charge in [0.2, 0.25) is 5.89 Å². The molecule has 1 aliphatic rings. The Morgan fingerprint density at radius 2 is 2.15 bits per heavy atom. The highest BCUT2D eigenvalue weighted by Gasteiger charge is 2.35. The lowest BCUT2D eigenvalue weighted by molar-refractivity contribution is 0.0714. The molecule has 7 heteroatoms. The monoisotopic (exact) mass is 292 g/mol. The van der Waals surface area contributed by atoms with Gasteiger partial charge in [0.25, 0.3) is 5.91 Å². The maximum Gasteiger partial charge on any atom is 0.266 e. The number of carbonyl (C=O) groups is 1. The van der Waals surface area contributed by atoms with Crippen LogP contribution in [0.15, 0.2) is 4.52 Å². The van der Waals surface area contributed by atoms with Gasteiger partial charge in [0.15, 0.2) is 5.82 Å². The molecule has 3 heterocycles. The molecule has 1 amide bonds. The summed E-state index contributed by atoms with van der Waals surface area (Å²) in [6.07, 6.45) is 1.82. The third kappa shape index (κ3) is 2.22. The minimum Gasteiger partial charge on any atom is -0.337 e. The van der Waals surface area contributed by atoms with Crippen molar-refractivity contribution in [2.75, 3.05) is 6.54 Å². The molecule has 0 radical (unpaired) electrons. The van der Waals surface area contributed by atoms with Crippen LogP contribution in [-0.2, 0) is 0 Å². The summed E-state index contributed by atoms with van der Waals surface area (Å²) in [6, 6.07) is -0.106. The zero-order valence-corrected chi connectivity index (χ0v) is 12.5. The SMILES string of the molecule is Cc1noc(C2CCCN2C(=O)c2sc(C)nc2C)n1. The van der Waals surface area contributed by atoms with Crippen LogP contribution < -0.4 is 0 Å². The molecule has 1 atom stereocenters. The van der Waals surface area contributed by atoms with Crippen LogP contribution in [0.4, 0.5) is 0 Å². The summed E-state index contributed by atoms with van der Waals surface area (Å²) in [5.41, 5.74) is 0.796. The predicted molar refractivity (Wildman–Crippen MR) is 73.6 cm³/mol. The molecule has 1 unspecified atom stereocenters. The van der Waals surface area contributed by atoms with Gasteiger partial charge in [0.05, 0.1) is 10.7 Å². The lowest BCUT2D eigenvalue weighted by Gasteiger charge is -2.21. The molecule has 0 bridgehead atoms. The van der Waals surface area contributed by atoms with Crippen LogP contribution in [0.25, 0.3) is 0 Å². The van der Waals surface area contributed by atoms with Crippen LogP contribution in [-0.4, -0.2) is 32.5 Å². The Kier molecular flexibility index (Phi) is 3.29. The standard InChI is InChI=1S/C13H16N4O2S/c1-7-11(20-9(3)14-7)13(18)17-6-4-5-10(17)12-15-8(2)16-19-12/h10H,4-6H2,1-3H3. The Bertz CT molecular complexity index is 649. The number of aromatic nitrogens is 3. The molecule has 0 N–H and O–H groups in total. The number of aryl methyl sites for hydroxylation is 3. The molecule has 20 heavy (non-hydrogen) atoms. The molecule has 2 aromatic rings. The first-order chi connectivity index (χ1) is 9.56. The van der Waals surface area contributed by atoms with Gasteiger partial charge < -0.3 is 9.42 Å². The van der Waals surface area contributed by atoms with E-state index in [9.17, 15) is 4.79 Å². The average Bonchev–Trinajstić information content (AvgIpc) is 3.08. The highest BCUT2D eigenvalue weighted by molar-refractivity contribution is 7.13. The van der Waals surface area contributed by atoms with Gasteiger partial charge >= 0.3 is 0 Å². The molecular weight excluding hydrogens is 276 g/mol. The smallest absolute Gasteiger partial charge is 0.266 e. The van der Waals surface area contributed by atoms with E-state index in [4.69, 9.17) is 4.52 Å². The molecule has 0 aliphatic carbocycles. The van der Waals surface area contributed by atoms with Gasteiger partial charge in [-0.1, -0.05) is 5.16 Å². The summed E-state index contributed by atoms with van der Waals surface area (Å²) in [5, 5.41) is 4.73. The van der Waals surface area contributed by atoms with Crippen LogP contribution in [0, 0.1) is 20.8 Å². The second-order valence-electron chi connectivity index (χ2n) is 4.98. The van der Waals surface area contributed by atoms with Crippen LogP contribution in [0.2, 0.25) is 0 Å². The number of likely N-dealkylation sites (tertiary alicyclic amines) is 1. The van der Waals surface area contributed by atoms with Crippen molar-refractivity contribution in [2.45, 2.75) is 39.7 Å². The van der Waals surface area contributed by atoms with Crippen LogP contribution >= 0.6 is 11.3 Å². The van der Waals surface area contributed by atoms with Crippen LogP contribution in [0.3, 0.4) is 0 Å². The number of hydrogen-bond acceptors (Lipinski definition) is 6. The zero-order chi connectivity index (χ0) is 14.3. The van der Waals surface area contributed by atoms with E-state index >= 15 is 0 Å². The molecule has 1 aliphatic heterocycles. The summed E-state index contributed by atoms with van der Waals surface area (Å²) in [6.45, 7) is 6.29. The third-order valence-electron chi connectivity index (χ3n) is 3.44. The van der Waals surface area contributed by atoms with E-state index in [-0.39, 0.29) is 11.9 Å². The number of thiazole rings is 1. The molecule has 1 fully saturated rings. The summed E-state index contributed by atoms with van der Waals surface area (Å²) in [7, 11) is 0. The Hall–Kier alpha value is -1.76. The molecule has 2 aromatic heterocycles. The Labute approximate surface area is 120 Å². The molecular formula is C13H16N4O2S. The van der Waals surface area contributed by atoms with E-state index in [1.54, 1.807) is 6.92 Å². The van der Waals surface area contributed by atoms with E-state index in [1.165, 1.54) is 11.3 Å². The second kappa shape index (κ2) is 4.97. The summed E-state index contributed by atoms with van der Waals surface area (Å²) in [4.78, 5) is 23.8. The first-order valence-electron chi connectivity index (χ1n) is 6.61. The lowest BCUT2D eigenvalue weighted by atomic mass is 10.2. The number of carbonyl (C=O) groups excluding carboxylic acids is 1. The van der Waals surface area contributed by atoms with Crippen LogP contribution in [0.1, 0.15) is 51.0 Å². The van der Waals surface area contributed by atoms with Crippen molar-refractivity contribution in [1.29, 1.82) is 0 Å². The minimum absolute atomic E-state index is 0.0199. The largest absolute Gasteiger partial charge is 0.337 e. The first-order valence-corrected chi connectivity index (χ1v) is 7.43. The summed E-state index contributed by atoms with van der Waals surface area (Å²) in [5.74, 6) is 1.16. The van der Waals surface area contributed by atoms with Gasteiger partial charge in [-0.3, -0.25) is 4.79 Å². The predicted octanol–water partition coefficient (Wildman–Crippen LogP) is 2.43. The normalized spacial score (nSPS) is 18.8. The van der Waals surface area contributed by atoms with Gasteiger partial charge in [-0.25, -0.2) is 4.98 Å². The Balaban J connectivity index is 1.89. The molecule has 0 aromatic carbocycles. The highest BCUT2D eigenvalue weighted by Crippen LogP contribution is 2.33. The number of amides is 1.